The predicted octanol–water partition coefficient (Wildman–Crippen LogP) is 12.9. The quantitative estimate of drug-likeness (QED) is 0.153. The van der Waals surface area contributed by atoms with Crippen LogP contribution in [-0.2, 0) is 0 Å². The summed E-state index contributed by atoms with van der Waals surface area (Å²) < 4.78 is 0. The van der Waals surface area contributed by atoms with Gasteiger partial charge in [0, 0.05) is 49.9 Å². The average Bonchev–Trinajstić information content (AvgIpc) is 3.21. The summed E-state index contributed by atoms with van der Waals surface area (Å²) in [4.78, 5) is 4.96. The molecule has 1 aliphatic rings. The molecule has 0 amide bonds. The Morgan fingerprint density at radius 1 is 0.407 bits per heavy atom. The molecule has 1 aliphatic carbocycles. The summed E-state index contributed by atoms with van der Waals surface area (Å²) in [6.07, 6.45) is 5.97. The number of anilines is 6. The Kier molecular flexibility index (Phi) is 8.60. The van der Waals surface area contributed by atoms with E-state index in [0.29, 0.717) is 0 Å². The van der Waals surface area contributed by atoms with E-state index < -0.39 is 0 Å². The molecule has 0 saturated carbocycles. The lowest BCUT2D eigenvalue weighted by molar-refractivity contribution is 0.923. The Labute approximate surface area is 318 Å². The molecule has 0 radical (unpaired) electrons. The van der Waals surface area contributed by atoms with Crippen molar-refractivity contribution in [3.05, 3.63) is 202 Å². The van der Waals surface area contributed by atoms with Crippen LogP contribution in [0.3, 0.4) is 0 Å². The van der Waals surface area contributed by atoms with E-state index in [1.165, 1.54) is 71.2 Å². The third kappa shape index (κ3) is 6.14. The van der Waals surface area contributed by atoms with Gasteiger partial charge in [-0.15, -0.1) is 0 Å². The van der Waals surface area contributed by atoms with Crippen LogP contribution in [0.4, 0.5) is 34.1 Å². The number of fused-ring (bicyclic) bond motifs is 3. The van der Waals surface area contributed by atoms with Crippen LogP contribution in [-0.4, -0.2) is 0 Å². The van der Waals surface area contributed by atoms with Gasteiger partial charge in [0.05, 0.1) is 11.4 Å². The third-order valence-electron chi connectivity index (χ3n) is 11.0. The van der Waals surface area contributed by atoms with Crippen LogP contribution in [0.25, 0.3) is 33.7 Å². The van der Waals surface area contributed by atoms with Gasteiger partial charge in [-0.2, -0.15) is 0 Å². The van der Waals surface area contributed by atoms with Crippen molar-refractivity contribution in [2.45, 2.75) is 40.0 Å². The zero-order valence-corrected chi connectivity index (χ0v) is 31.4. The summed E-state index contributed by atoms with van der Waals surface area (Å²) in [7, 11) is 0. The highest BCUT2D eigenvalue weighted by molar-refractivity contribution is 6.08. The van der Waals surface area contributed by atoms with Crippen molar-refractivity contribution >= 4 is 67.8 Å². The molecule has 0 bridgehead atoms. The Hall–Kier alpha value is -6.38. The first kappa shape index (κ1) is 33.5. The molecular weight excluding hydrogens is 653 g/mol. The molecule has 8 aromatic rings. The van der Waals surface area contributed by atoms with Crippen LogP contribution in [0.5, 0.6) is 0 Å². The van der Waals surface area contributed by atoms with Crippen LogP contribution in [0.1, 0.15) is 40.2 Å². The number of hydrogen-bond donors (Lipinski definition) is 0. The van der Waals surface area contributed by atoms with Crippen molar-refractivity contribution in [3.63, 3.8) is 0 Å². The number of hydrogen-bond acceptors (Lipinski definition) is 2. The maximum absolute atomic E-state index is 2.56. The van der Waals surface area contributed by atoms with E-state index in [9.17, 15) is 0 Å². The predicted molar refractivity (Wildman–Crippen MR) is 232 cm³/mol. The zero-order valence-electron chi connectivity index (χ0n) is 31.4. The molecule has 2 heteroatoms. The third-order valence-corrected chi connectivity index (χ3v) is 11.0. The summed E-state index contributed by atoms with van der Waals surface area (Å²) in [6, 6.07) is 60.6. The van der Waals surface area contributed by atoms with E-state index in [1.807, 2.05) is 0 Å². The first-order chi connectivity index (χ1) is 26.4. The smallest absolute Gasteiger partial charge is 0.0616 e. The lowest BCUT2D eigenvalue weighted by Crippen LogP contribution is -2.37. The SMILES string of the molecule is Cc1ccc(N(c2ccc(C)cc2)c2c3c(c(N(c4ccc(C)cc4)c4ccc(C)cc4)c4ccccc24)=CC(c2ccc4ccccc4c2)CC=3)cc1. The lowest BCUT2D eigenvalue weighted by atomic mass is 9.86. The first-order valence-electron chi connectivity index (χ1n) is 19.0. The van der Waals surface area contributed by atoms with E-state index in [4.69, 9.17) is 0 Å². The van der Waals surface area contributed by atoms with E-state index >= 15 is 0 Å². The number of nitrogens with zero attached hydrogens (tertiary/aromatic N) is 2. The molecule has 0 N–H and O–H groups in total. The second kappa shape index (κ2) is 13.9. The molecule has 1 atom stereocenters. The van der Waals surface area contributed by atoms with Crippen LogP contribution in [0.2, 0.25) is 0 Å². The van der Waals surface area contributed by atoms with Crippen LogP contribution >= 0.6 is 0 Å². The molecule has 8 aromatic carbocycles. The summed E-state index contributed by atoms with van der Waals surface area (Å²) in [5.74, 6) is 0.208. The molecule has 9 rings (SSSR count). The van der Waals surface area contributed by atoms with Crippen molar-refractivity contribution in [1.29, 1.82) is 0 Å². The highest BCUT2D eigenvalue weighted by atomic mass is 15.2. The highest BCUT2D eigenvalue weighted by Gasteiger charge is 2.26. The van der Waals surface area contributed by atoms with Gasteiger partial charge in [-0.1, -0.05) is 150 Å². The normalized spacial score (nSPS) is 13.6. The molecule has 0 heterocycles. The van der Waals surface area contributed by atoms with Crippen molar-refractivity contribution in [3.8, 4) is 0 Å². The van der Waals surface area contributed by atoms with Crippen molar-refractivity contribution in [2.75, 3.05) is 9.80 Å². The highest BCUT2D eigenvalue weighted by Crippen LogP contribution is 2.43. The van der Waals surface area contributed by atoms with E-state index in [0.717, 1.165) is 29.2 Å². The summed E-state index contributed by atoms with van der Waals surface area (Å²) >= 11 is 0. The number of rotatable bonds is 7. The van der Waals surface area contributed by atoms with E-state index in [1.54, 1.807) is 0 Å². The van der Waals surface area contributed by atoms with Gasteiger partial charge >= 0.3 is 0 Å². The summed E-state index contributed by atoms with van der Waals surface area (Å²) in [6.45, 7) is 8.64. The van der Waals surface area contributed by atoms with Crippen LogP contribution < -0.4 is 20.2 Å². The van der Waals surface area contributed by atoms with E-state index in [2.05, 4.69) is 213 Å². The maximum atomic E-state index is 2.56. The van der Waals surface area contributed by atoms with Crippen molar-refractivity contribution in [2.24, 2.45) is 0 Å². The molecule has 0 fully saturated rings. The van der Waals surface area contributed by atoms with Gasteiger partial charge in [0.1, 0.15) is 0 Å². The van der Waals surface area contributed by atoms with Gasteiger partial charge in [-0.05, 0) is 99.0 Å². The van der Waals surface area contributed by atoms with Gasteiger partial charge in [0.2, 0.25) is 0 Å². The average molecular weight is 697 g/mol. The topological polar surface area (TPSA) is 6.48 Å². The van der Waals surface area contributed by atoms with Gasteiger partial charge in [0.25, 0.3) is 0 Å². The van der Waals surface area contributed by atoms with E-state index in [-0.39, 0.29) is 5.92 Å². The minimum atomic E-state index is 0.208. The molecule has 0 aliphatic heterocycles. The zero-order chi connectivity index (χ0) is 36.8. The minimum Gasteiger partial charge on any atom is -0.309 e. The van der Waals surface area contributed by atoms with Crippen LogP contribution in [0.15, 0.2) is 164 Å². The number of aryl methyl sites for hydroxylation is 4. The fraction of sp³-hybridized carbons (Fsp3) is 0.115. The van der Waals surface area contributed by atoms with Crippen LogP contribution in [0, 0.1) is 27.7 Å². The van der Waals surface area contributed by atoms with Crippen molar-refractivity contribution in [1.82, 2.24) is 0 Å². The summed E-state index contributed by atoms with van der Waals surface area (Å²) in [5, 5.41) is 7.47. The Bertz CT molecular complexity index is 2670. The van der Waals surface area contributed by atoms with Crippen molar-refractivity contribution < 1.29 is 0 Å². The molecule has 1 unspecified atom stereocenters. The van der Waals surface area contributed by atoms with Gasteiger partial charge < -0.3 is 9.80 Å². The fourth-order valence-corrected chi connectivity index (χ4v) is 8.07. The maximum Gasteiger partial charge on any atom is 0.0616 e. The number of benzene rings is 8. The molecule has 262 valence electrons. The summed E-state index contributed by atoms with van der Waals surface area (Å²) in [5.41, 5.74) is 13.3. The second-order valence-corrected chi connectivity index (χ2v) is 14.9. The minimum absolute atomic E-state index is 0.208. The molecule has 0 spiro atoms. The molecule has 0 aromatic heterocycles. The fourth-order valence-electron chi connectivity index (χ4n) is 8.07. The Morgan fingerprint density at radius 3 is 1.28 bits per heavy atom. The lowest BCUT2D eigenvalue weighted by Gasteiger charge is -2.33. The standard InChI is InChI=1S/C52H44N2/c1-35-13-24-43(25-14-35)53(44-26-15-36(2)16-27-44)51-47-11-7-8-12-48(47)52(54(45-28-17-37(3)18-29-45)46-30-19-38(4)20-31-46)50-34-42(23-32-49(50)51)41-22-21-39-9-5-6-10-40(39)33-41/h5-22,24-34,42H,23H2,1-4H3. The second-order valence-electron chi connectivity index (χ2n) is 14.9. The molecule has 2 nitrogen and oxygen atoms in total. The largest absolute Gasteiger partial charge is 0.309 e. The monoisotopic (exact) mass is 696 g/mol. The van der Waals surface area contributed by atoms with Gasteiger partial charge in [0.15, 0.2) is 0 Å². The molecular formula is C52H44N2. The van der Waals surface area contributed by atoms with Gasteiger partial charge in [-0.3, -0.25) is 0 Å². The molecule has 0 saturated heterocycles. The Balaban J connectivity index is 1.41. The first-order valence-corrected chi connectivity index (χ1v) is 19.0. The Morgan fingerprint density at radius 2 is 0.815 bits per heavy atom. The molecule has 54 heavy (non-hydrogen) atoms. The van der Waals surface area contributed by atoms with Gasteiger partial charge in [-0.25, -0.2) is 0 Å².